The number of esters is 1. The van der Waals surface area contributed by atoms with Gasteiger partial charge >= 0.3 is 5.97 Å². The molecule has 0 unspecified atom stereocenters. The standard InChI is InChI=1S/C14H15N3O3S/c1-3-20-13(19)12-8-21-14(17-12)16-11-6-4-10(5-7-11)15-9(2)18/h4-8H,3H2,1-2H3,(H,15,18)(H,16,17). The van der Waals surface area contributed by atoms with Gasteiger partial charge in [-0.15, -0.1) is 11.3 Å². The van der Waals surface area contributed by atoms with E-state index in [1.165, 1.54) is 18.3 Å². The summed E-state index contributed by atoms with van der Waals surface area (Å²) in [6, 6.07) is 7.20. The third kappa shape index (κ3) is 4.28. The number of thiazole rings is 1. The van der Waals surface area contributed by atoms with Gasteiger partial charge in [0.25, 0.3) is 0 Å². The number of nitrogens with one attached hydrogen (secondary N) is 2. The van der Waals surface area contributed by atoms with Crippen molar-refractivity contribution in [1.82, 2.24) is 4.98 Å². The summed E-state index contributed by atoms with van der Waals surface area (Å²) in [5.41, 5.74) is 1.83. The summed E-state index contributed by atoms with van der Waals surface area (Å²) in [6.45, 7) is 3.53. The highest BCUT2D eigenvalue weighted by atomic mass is 32.1. The van der Waals surface area contributed by atoms with Crippen LogP contribution in [-0.2, 0) is 9.53 Å². The van der Waals surface area contributed by atoms with Crippen molar-refractivity contribution in [2.24, 2.45) is 0 Å². The second-order valence-electron chi connectivity index (χ2n) is 4.14. The van der Waals surface area contributed by atoms with Crippen LogP contribution < -0.4 is 10.6 Å². The highest BCUT2D eigenvalue weighted by molar-refractivity contribution is 7.14. The zero-order valence-electron chi connectivity index (χ0n) is 11.7. The maximum absolute atomic E-state index is 11.5. The van der Waals surface area contributed by atoms with E-state index in [0.717, 1.165) is 11.4 Å². The number of hydrogen-bond acceptors (Lipinski definition) is 6. The summed E-state index contributed by atoms with van der Waals surface area (Å²) in [5.74, 6) is -0.544. The summed E-state index contributed by atoms with van der Waals surface area (Å²) >= 11 is 1.32. The molecule has 7 heteroatoms. The minimum Gasteiger partial charge on any atom is -0.461 e. The number of anilines is 3. The second-order valence-corrected chi connectivity index (χ2v) is 5.00. The van der Waals surface area contributed by atoms with E-state index in [9.17, 15) is 9.59 Å². The van der Waals surface area contributed by atoms with E-state index in [4.69, 9.17) is 4.74 Å². The number of rotatable bonds is 5. The highest BCUT2D eigenvalue weighted by Gasteiger charge is 2.11. The van der Waals surface area contributed by atoms with Gasteiger partial charge in [-0.1, -0.05) is 0 Å². The van der Waals surface area contributed by atoms with Crippen molar-refractivity contribution < 1.29 is 14.3 Å². The zero-order valence-corrected chi connectivity index (χ0v) is 12.5. The molecule has 1 amide bonds. The predicted octanol–water partition coefficient (Wildman–Crippen LogP) is 3.02. The number of carbonyl (C=O) groups is 2. The first-order valence-corrected chi connectivity index (χ1v) is 7.23. The molecule has 0 aliphatic rings. The predicted molar refractivity (Wildman–Crippen MR) is 82.1 cm³/mol. The Balaban J connectivity index is 2.01. The van der Waals surface area contributed by atoms with Crippen LogP contribution >= 0.6 is 11.3 Å². The molecule has 0 saturated heterocycles. The van der Waals surface area contributed by atoms with Crippen molar-refractivity contribution in [3.8, 4) is 0 Å². The van der Waals surface area contributed by atoms with Gasteiger partial charge < -0.3 is 15.4 Å². The molecule has 2 rings (SSSR count). The second kappa shape index (κ2) is 6.85. The Labute approximate surface area is 126 Å². The molecule has 2 N–H and O–H groups in total. The van der Waals surface area contributed by atoms with Gasteiger partial charge in [0.05, 0.1) is 6.61 Å². The molecular formula is C14H15N3O3S. The fraction of sp³-hybridized carbons (Fsp3) is 0.214. The van der Waals surface area contributed by atoms with Crippen LogP contribution in [0.25, 0.3) is 0 Å². The minimum absolute atomic E-state index is 0.116. The largest absolute Gasteiger partial charge is 0.461 e. The molecule has 0 radical (unpaired) electrons. The first-order chi connectivity index (χ1) is 10.1. The van der Waals surface area contributed by atoms with Gasteiger partial charge in [0.15, 0.2) is 10.8 Å². The van der Waals surface area contributed by atoms with Crippen LogP contribution in [0.5, 0.6) is 0 Å². The molecule has 1 heterocycles. The number of ether oxygens (including phenoxy) is 1. The molecule has 0 aliphatic carbocycles. The van der Waals surface area contributed by atoms with E-state index in [1.807, 2.05) is 12.1 Å². The first-order valence-electron chi connectivity index (χ1n) is 6.36. The van der Waals surface area contributed by atoms with E-state index in [1.54, 1.807) is 24.4 Å². The average molecular weight is 305 g/mol. The number of aromatic nitrogens is 1. The summed E-state index contributed by atoms with van der Waals surface area (Å²) in [7, 11) is 0. The molecule has 1 aromatic carbocycles. The number of amides is 1. The van der Waals surface area contributed by atoms with E-state index in [0.29, 0.717) is 17.4 Å². The lowest BCUT2D eigenvalue weighted by Crippen LogP contribution is -2.05. The third-order valence-electron chi connectivity index (χ3n) is 2.45. The Morgan fingerprint density at radius 3 is 2.52 bits per heavy atom. The first kappa shape index (κ1) is 15.0. The van der Waals surface area contributed by atoms with Crippen molar-refractivity contribution in [3.63, 3.8) is 0 Å². The summed E-state index contributed by atoms with van der Waals surface area (Å²) in [5, 5.41) is 8.02. The van der Waals surface area contributed by atoms with Gasteiger partial charge in [-0.25, -0.2) is 9.78 Å². The van der Waals surface area contributed by atoms with Crippen LogP contribution in [0.3, 0.4) is 0 Å². The van der Waals surface area contributed by atoms with E-state index < -0.39 is 5.97 Å². The van der Waals surface area contributed by atoms with Crippen LogP contribution in [0.4, 0.5) is 16.5 Å². The average Bonchev–Trinajstić information content (AvgIpc) is 2.89. The number of hydrogen-bond donors (Lipinski definition) is 2. The lowest BCUT2D eigenvalue weighted by molar-refractivity contribution is -0.114. The highest BCUT2D eigenvalue weighted by Crippen LogP contribution is 2.22. The third-order valence-corrected chi connectivity index (χ3v) is 3.20. The van der Waals surface area contributed by atoms with Crippen molar-refractivity contribution in [3.05, 3.63) is 35.3 Å². The Kier molecular flexibility index (Phi) is 4.89. The lowest BCUT2D eigenvalue weighted by Gasteiger charge is -2.05. The topological polar surface area (TPSA) is 80.3 Å². The smallest absolute Gasteiger partial charge is 0.357 e. The molecule has 110 valence electrons. The molecule has 6 nitrogen and oxygen atoms in total. The summed E-state index contributed by atoms with van der Waals surface area (Å²) < 4.78 is 4.88. The normalized spacial score (nSPS) is 10.0. The van der Waals surface area contributed by atoms with Crippen LogP contribution in [0.1, 0.15) is 24.3 Å². The van der Waals surface area contributed by atoms with Crippen LogP contribution in [0.15, 0.2) is 29.6 Å². The van der Waals surface area contributed by atoms with E-state index >= 15 is 0 Å². The molecular weight excluding hydrogens is 290 g/mol. The molecule has 0 bridgehead atoms. The Morgan fingerprint density at radius 1 is 1.24 bits per heavy atom. The summed E-state index contributed by atoms with van der Waals surface area (Å²) in [4.78, 5) is 26.6. The van der Waals surface area contributed by atoms with Gasteiger partial charge in [0, 0.05) is 23.7 Å². The fourth-order valence-corrected chi connectivity index (χ4v) is 2.29. The van der Waals surface area contributed by atoms with E-state index in [2.05, 4.69) is 15.6 Å². The lowest BCUT2D eigenvalue weighted by atomic mass is 10.3. The number of benzene rings is 1. The number of nitrogens with zero attached hydrogens (tertiary/aromatic N) is 1. The Bertz CT molecular complexity index is 637. The van der Waals surface area contributed by atoms with Crippen molar-refractivity contribution in [2.45, 2.75) is 13.8 Å². The molecule has 0 fully saturated rings. The maximum Gasteiger partial charge on any atom is 0.357 e. The maximum atomic E-state index is 11.5. The molecule has 0 spiro atoms. The van der Waals surface area contributed by atoms with Crippen molar-refractivity contribution in [2.75, 3.05) is 17.2 Å². The van der Waals surface area contributed by atoms with Gasteiger partial charge in [0.1, 0.15) is 0 Å². The quantitative estimate of drug-likeness (QED) is 0.830. The SMILES string of the molecule is CCOC(=O)c1csc(Nc2ccc(NC(C)=O)cc2)n1. The number of carbonyl (C=O) groups excluding carboxylic acids is 2. The van der Waals surface area contributed by atoms with Gasteiger partial charge in [0.2, 0.25) is 5.91 Å². The molecule has 21 heavy (non-hydrogen) atoms. The molecule has 2 aromatic rings. The monoisotopic (exact) mass is 305 g/mol. The molecule has 0 aliphatic heterocycles. The van der Waals surface area contributed by atoms with Gasteiger partial charge in [-0.3, -0.25) is 4.79 Å². The Morgan fingerprint density at radius 2 is 1.90 bits per heavy atom. The zero-order chi connectivity index (χ0) is 15.2. The van der Waals surface area contributed by atoms with Gasteiger partial charge in [-0.05, 0) is 31.2 Å². The van der Waals surface area contributed by atoms with Crippen LogP contribution in [-0.4, -0.2) is 23.5 Å². The Hall–Kier alpha value is -2.41. The molecule has 0 atom stereocenters. The van der Waals surface area contributed by atoms with E-state index in [-0.39, 0.29) is 5.91 Å². The van der Waals surface area contributed by atoms with Crippen molar-refractivity contribution >= 4 is 39.7 Å². The van der Waals surface area contributed by atoms with Crippen LogP contribution in [0, 0.1) is 0 Å². The van der Waals surface area contributed by atoms with Crippen molar-refractivity contribution in [1.29, 1.82) is 0 Å². The summed E-state index contributed by atoms with van der Waals surface area (Å²) in [6.07, 6.45) is 0. The fourth-order valence-electron chi connectivity index (χ4n) is 1.59. The molecule has 1 aromatic heterocycles. The van der Waals surface area contributed by atoms with Gasteiger partial charge in [-0.2, -0.15) is 0 Å². The minimum atomic E-state index is -0.428. The van der Waals surface area contributed by atoms with Crippen LogP contribution in [0.2, 0.25) is 0 Å². The molecule has 0 saturated carbocycles.